The van der Waals surface area contributed by atoms with Crippen molar-refractivity contribution in [1.29, 1.82) is 0 Å². The summed E-state index contributed by atoms with van der Waals surface area (Å²) in [6.45, 7) is 1.12. The molecule has 1 atom stereocenters. The molecule has 1 rings (SSSR count). The molecule has 11 heavy (non-hydrogen) atoms. The van der Waals surface area contributed by atoms with Gasteiger partial charge < -0.3 is 5.11 Å². The average molecular weight is 222 g/mol. The smallest absolute Gasteiger partial charge is 0.317 e. The zero-order valence-electron chi connectivity index (χ0n) is 6.29. The lowest BCUT2D eigenvalue weighted by molar-refractivity contribution is -0.138. The van der Waals surface area contributed by atoms with E-state index in [1.807, 2.05) is 4.90 Å². The van der Waals surface area contributed by atoms with Crippen molar-refractivity contribution in [3.63, 3.8) is 0 Å². The molecule has 0 aromatic rings. The lowest BCUT2D eigenvalue weighted by Crippen LogP contribution is -2.35. The Labute approximate surface area is 74.5 Å². The second-order valence-electron chi connectivity index (χ2n) is 2.81. The van der Waals surface area contributed by atoms with Crippen LogP contribution in [0.1, 0.15) is 12.8 Å². The SMILES string of the molecule is O=C(O)CN1CCC[C@@H]1CBr. The van der Waals surface area contributed by atoms with E-state index in [2.05, 4.69) is 15.9 Å². The molecule has 0 aromatic carbocycles. The second kappa shape index (κ2) is 4.07. The fourth-order valence-corrected chi connectivity index (χ4v) is 2.19. The van der Waals surface area contributed by atoms with Gasteiger partial charge in [-0.25, -0.2) is 0 Å². The molecule has 0 aliphatic carbocycles. The van der Waals surface area contributed by atoms with Crippen LogP contribution in [-0.4, -0.2) is 40.4 Å². The quantitative estimate of drug-likeness (QED) is 0.722. The molecule has 3 nitrogen and oxygen atoms in total. The van der Waals surface area contributed by atoms with Gasteiger partial charge in [-0.2, -0.15) is 0 Å². The van der Waals surface area contributed by atoms with Crippen LogP contribution in [0.2, 0.25) is 0 Å². The molecule has 64 valence electrons. The number of likely N-dealkylation sites (tertiary alicyclic amines) is 1. The highest BCUT2D eigenvalue weighted by Crippen LogP contribution is 2.17. The summed E-state index contributed by atoms with van der Waals surface area (Å²) in [7, 11) is 0. The van der Waals surface area contributed by atoms with Gasteiger partial charge in [0.2, 0.25) is 0 Å². The van der Waals surface area contributed by atoms with Gasteiger partial charge in [0.15, 0.2) is 0 Å². The van der Waals surface area contributed by atoms with E-state index in [9.17, 15) is 4.79 Å². The van der Waals surface area contributed by atoms with Gasteiger partial charge >= 0.3 is 5.97 Å². The Kier molecular flexibility index (Phi) is 3.33. The normalized spacial score (nSPS) is 25.7. The van der Waals surface area contributed by atoms with Crippen molar-refractivity contribution in [2.45, 2.75) is 18.9 Å². The van der Waals surface area contributed by atoms with Crippen LogP contribution in [0.25, 0.3) is 0 Å². The minimum atomic E-state index is -0.724. The first-order valence-electron chi connectivity index (χ1n) is 3.76. The van der Waals surface area contributed by atoms with Crippen molar-refractivity contribution < 1.29 is 9.90 Å². The summed E-state index contributed by atoms with van der Waals surface area (Å²) in [6.07, 6.45) is 2.25. The standard InChI is InChI=1S/C7H12BrNO2/c8-4-6-2-1-3-9(6)5-7(10)11/h6H,1-5H2,(H,10,11)/t6-/m1/s1. The molecule has 0 amide bonds. The summed E-state index contributed by atoms with van der Waals surface area (Å²) in [4.78, 5) is 12.4. The first-order chi connectivity index (χ1) is 5.24. The number of carboxylic acids is 1. The number of hydrogen-bond acceptors (Lipinski definition) is 2. The van der Waals surface area contributed by atoms with Crippen molar-refractivity contribution in [3.8, 4) is 0 Å². The van der Waals surface area contributed by atoms with Crippen molar-refractivity contribution in [2.24, 2.45) is 0 Å². The fraction of sp³-hybridized carbons (Fsp3) is 0.857. The molecular weight excluding hydrogens is 210 g/mol. The number of halogens is 1. The number of carbonyl (C=O) groups is 1. The summed E-state index contributed by atoms with van der Waals surface area (Å²) >= 11 is 3.37. The van der Waals surface area contributed by atoms with E-state index in [1.54, 1.807) is 0 Å². The van der Waals surface area contributed by atoms with Crippen LogP contribution in [0.5, 0.6) is 0 Å². The van der Waals surface area contributed by atoms with Gasteiger partial charge in [0.05, 0.1) is 6.54 Å². The number of rotatable bonds is 3. The molecule has 0 aromatic heterocycles. The van der Waals surface area contributed by atoms with Crippen LogP contribution in [0.4, 0.5) is 0 Å². The maximum absolute atomic E-state index is 10.4. The topological polar surface area (TPSA) is 40.5 Å². The van der Waals surface area contributed by atoms with Crippen molar-refractivity contribution in [1.82, 2.24) is 4.90 Å². The van der Waals surface area contributed by atoms with E-state index in [-0.39, 0.29) is 6.54 Å². The summed E-state index contributed by atoms with van der Waals surface area (Å²) < 4.78 is 0. The highest BCUT2D eigenvalue weighted by Gasteiger charge is 2.24. The van der Waals surface area contributed by atoms with Gasteiger partial charge in [0.1, 0.15) is 0 Å². The Bertz CT molecular complexity index is 151. The number of carboxylic acid groups (broad SMARTS) is 1. The lowest BCUT2D eigenvalue weighted by atomic mass is 10.2. The summed E-state index contributed by atoms with van der Waals surface area (Å²) in [6, 6.07) is 0.436. The van der Waals surface area contributed by atoms with Gasteiger partial charge in [-0.3, -0.25) is 9.69 Å². The molecule has 0 spiro atoms. The Morgan fingerprint density at radius 3 is 3.00 bits per heavy atom. The van der Waals surface area contributed by atoms with E-state index in [0.717, 1.165) is 24.7 Å². The van der Waals surface area contributed by atoms with Crippen LogP contribution in [0.15, 0.2) is 0 Å². The molecule has 4 heteroatoms. The minimum Gasteiger partial charge on any atom is -0.480 e. The van der Waals surface area contributed by atoms with Crippen molar-refractivity contribution in [2.75, 3.05) is 18.4 Å². The van der Waals surface area contributed by atoms with Gasteiger partial charge in [-0.05, 0) is 19.4 Å². The van der Waals surface area contributed by atoms with Crippen LogP contribution >= 0.6 is 15.9 Å². The predicted octanol–water partition coefficient (Wildman–Crippen LogP) is 0.930. The van der Waals surface area contributed by atoms with E-state index < -0.39 is 5.97 Å². The first-order valence-corrected chi connectivity index (χ1v) is 4.88. The maximum Gasteiger partial charge on any atom is 0.317 e. The van der Waals surface area contributed by atoms with Crippen LogP contribution in [0.3, 0.4) is 0 Å². The van der Waals surface area contributed by atoms with Gasteiger partial charge in [-0.1, -0.05) is 15.9 Å². The summed E-state index contributed by atoms with van der Waals surface area (Å²) in [5.41, 5.74) is 0. The second-order valence-corrected chi connectivity index (χ2v) is 3.46. The van der Waals surface area contributed by atoms with E-state index in [0.29, 0.717) is 6.04 Å². The first kappa shape index (κ1) is 9.00. The predicted molar refractivity (Wildman–Crippen MR) is 46.0 cm³/mol. The Morgan fingerprint density at radius 1 is 1.73 bits per heavy atom. The third-order valence-corrected chi connectivity index (χ3v) is 2.76. The molecular formula is C7H12BrNO2. The van der Waals surface area contributed by atoms with Gasteiger partial charge in [0, 0.05) is 11.4 Å². The van der Waals surface area contributed by atoms with Gasteiger partial charge in [-0.15, -0.1) is 0 Å². The maximum atomic E-state index is 10.4. The molecule has 0 radical (unpaired) electrons. The minimum absolute atomic E-state index is 0.191. The molecule has 1 aliphatic heterocycles. The third kappa shape index (κ3) is 2.45. The molecule has 1 heterocycles. The van der Waals surface area contributed by atoms with E-state index >= 15 is 0 Å². The number of alkyl halides is 1. The van der Waals surface area contributed by atoms with E-state index in [4.69, 9.17) is 5.11 Å². The zero-order chi connectivity index (χ0) is 8.27. The summed E-state index contributed by atoms with van der Waals surface area (Å²) in [5, 5.41) is 9.42. The van der Waals surface area contributed by atoms with Crippen molar-refractivity contribution in [3.05, 3.63) is 0 Å². The van der Waals surface area contributed by atoms with E-state index in [1.165, 1.54) is 0 Å². The Balaban J connectivity index is 2.37. The average Bonchev–Trinajstić information content (AvgIpc) is 2.34. The van der Waals surface area contributed by atoms with Crippen LogP contribution in [0, 0.1) is 0 Å². The zero-order valence-corrected chi connectivity index (χ0v) is 7.88. The largest absolute Gasteiger partial charge is 0.480 e. The Morgan fingerprint density at radius 2 is 2.45 bits per heavy atom. The molecule has 1 aliphatic rings. The third-order valence-electron chi connectivity index (χ3n) is 2.02. The number of nitrogens with zero attached hydrogens (tertiary/aromatic N) is 1. The molecule has 0 bridgehead atoms. The molecule has 0 unspecified atom stereocenters. The molecule has 1 saturated heterocycles. The summed E-state index contributed by atoms with van der Waals surface area (Å²) in [5.74, 6) is -0.724. The fourth-order valence-electron chi connectivity index (χ4n) is 1.45. The highest BCUT2D eigenvalue weighted by molar-refractivity contribution is 9.09. The Hall–Kier alpha value is -0.0900. The van der Waals surface area contributed by atoms with Gasteiger partial charge in [0.25, 0.3) is 0 Å². The highest BCUT2D eigenvalue weighted by atomic mass is 79.9. The molecule has 0 saturated carbocycles. The monoisotopic (exact) mass is 221 g/mol. The van der Waals surface area contributed by atoms with Crippen molar-refractivity contribution >= 4 is 21.9 Å². The molecule has 1 N–H and O–H groups in total. The lowest BCUT2D eigenvalue weighted by Gasteiger charge is -2.19. The van der Waals surface area contributed by atoms with Crippen LogP contribution in [-0.2, 0) is 4.79 Å². The molecule has 1 fully saturated rings. The number of aliphatic carboxylic acids is 1. The number of hydrogen-bond donors (Lipinski definition) is 1. The van der Waals surface area contributed by atoms with Crippen LogP contribution < -0.4 is 0 Å².